The number of nitrogens with zero attached hydrogens (tertiary/aromatic N) is 5. The van der Waals surface area contributed by atoms with Gasteiger partial charge in [0.25, 0.3) is 0 Å². The van der Waals surface area contributed by atoms with Crippen LogP contribution in [0.25, 0.3) is 16.9 Å². The monoisotopic (exact) mass is 504 g/mol. The van der Waals surface area contributed by atoms with Crippen molar-refractivity contribution in [2.75, 3.05) is 37.4 Å². The molecule has 192 valence electrons. The van der Waals surface area contributed by atoms with Crippen LogP contribution in [0.15, 0.2) is 54.7 Å². The first-order valence-corrected chi connectivity index (χ1v) is 12.8. The highest BCUT2D eigenvalue weighted by Crippen LogP contribution is 2.37. The van der Waals surface area contributed by atoms with Crippen molar-refractivity contribution in [1.29, 1.82) is 0 Å². The van der Waals surface area contributed by atoms with Gasteiger partial charge in [0.2, 0.25) is 0 Å². The lowest BCUT2D eigenvalue weighted by Gasteiger charge is -2.26. The predicted octanol–water partition coefficient (Wildman–Crippen LogP) is 5.07. The molecule has 37 heavy (non-hydrogen) atoms. The zero-order valence-electron chi connectivity index (χ0n) is 20.8. The first kappa shape index (κ1) is 23.7. The van der Waals surface area contributed by atoms with Gasteiger partial charge in [-0.1, -0.05) is 6.07 Å². The lowest BCUT2D eigenvalue weighted by Crippen LogP contribution is -2.30. The van der Waals surface area contributed by atoms with Crippen LogP contribution in [0.2, 0.25) is 0 Å². The molecule has 0 spiro atoms. The van der Waals surface area contributed by atoms with E-state index in [9.17, 15) is 8.78 Å². The third-order valence-electron chi connectivity index (χ3n) is 7.62. The highest BCUT2D eigenvalue weighted by atomic mass is 19.1. The largest absolute Gasteiger partial charge is 0.490 e. The Balaban J connectivity index is 1.31. The minimum Gasteiger partial charge on any atom is -0.490 e. The van der Waals surface area contributed by atoms with E-state index in [2.05, 4.69) is 16.9 Å². The molecule has 0 radical (unpaired) electrons. The fourth-order valence-electron chi connectivity index (χ4n) is 5.54. The van der Waals surface area contributed by atoms with E-state index in [-0.39, 0.29) is 6.04 Å². The van der Waals surface area contributed by atoms with Crippen molar-refractivity contribution in [1.82, 2.24) is 19.5 Å². The molecule has 2 aromatic carbocycles. The van der Waals surface area contributed by atoms with E-state index in [0.29, 0.717) is 47.7 Å². The number of anilines is 2. The Kier molecular flexibility index (Phi) is 6.16. The Morgan fingerprint density at radius 3 is 2.73 bits per heavy atom. The first-order valence-electron chi connectivity index (χ1n) is 12.8. The van der Waals surface area contributed by atoms with Crippen LogP contribution in [0.4, 0.5) is 20.3 Å². The van der Waals surface area contributed by atoms with Gasteiger partial charge in [-0.05, 0) is 81.7 Å². The molecule has 2 fully saturated rings. The van der Waals surface area contributed by atoms with Crippen molar-refractivity contribution >= 4 is 17.2 Å². The zero-order valence-corrected chi connectivity index (χ0v) is 20.8. The third-order valence-corrected chi connectivity index (χ3v) is 7.62. The molecule has 0 amide bonds. The summed E-state index contributed by atoms with van der Waals surface area (Å²) in [6.07, 6.45) is 5.67. The lowest BCUT2D eigenvalue weighted by molar-refractivity contribution is 0.199. The van der Waals surface area contributed by atoms with Crippen LogP contribution in [0.1, 0.15) is 37.3 Å². The molecular weight excluding hydrogens is 474 g/mol. The van der Waals surface area contributed by atoms with E-state index in [4.69, 9.17) is 15.6 Å². The number of nitrogen functional groups attached to an aromatic ring is 1. The Morgan fingerprint density at radius 2 is 1.89 bits per heavy atom. The van der Waals surface area contributed by atoms with Crippen LogP contribution in [-0.4, -0.2) is 52.3 Å². The number of imidazole rings is 1. The number of likely N-dealkylation sites (tertiary alicyclic amines) is 1. The van der Waals surface area contributed by atoms with Gasteiger partial charge in [0.1, 0.15) is 29.8 Å². The van der Waals surface area contributed by atoms with Gasteiger partial charge in [-0.25, -0.2) is 18.3 Å². The Hall–Kier alpha value is -3.72. The van der Waals surface area contributed by atoms with Gasteiger partial charge in [-0.3, -0.25) is 0 Å². The standard InChI is InChI=1S/C28H30F2N6O/c1-34-12-2-4-20(34)17-37-26-14-18(6-9-23(26)31)25-16-32-27-10-11-28(33-36(25)27)35-13-3-5-24(35)21-15-19(29)7-8-22(21)30/h6-11,14-16,20,24H,2-5,12-13,17,31H2,1H3. The van der Waals surface area contributed by atoms with E-state index in [1.807, 2.05) is 35.2 Å². The summed E-state index contributed by atoms with van der Waals surface area (Å²) in [5.41, 5.74) is 9.56. The average molecular weight is 505 g/mol. The number of hydrogen-bond acceptors (Lipinski definition) is 6. The highest BCUT2D eigenvalue weighted by molar-refractivity contribution is 5.69. The van der Waals surface area contributed by atoms with Gasteiger partial charge in [0.05, 0.1) is 23.6 Å². The number of hydrogen-bond donors (Lipinski definition) is 1. The number of halogens is 2. The SMILES string of the molecule is CN1CCCC1COc1cc(-c2cnc3ccc(N4CCCC4c4cc(F)ccc4F)nn23)ccc1N. The van der Waals surface area contributed by atoms with Gasteiger partial charge in [0, 0.05) is 23.7 Å². The minimum absolute atomic E-state index is 0.280. The molecule has 0 saturated carbocycles. The Labute approximate surface area is 214 Å². The minimum atomic E-state index is -0.440. The molecule has 2 atom stereocenters. The molecule has 2 saturated heterocycles. The highest BCUT2D eigenvalue weighted by Gasteiger charge is 2.30. The molecular formula is C28H30F2N6O. The van der Waals surface area contributed by atoms with Crippen LogP contribution in [-0.2, 0) is 0 Å². The van der Waals surface area contributed by atoms with Gasteiger partial charge >= 0.3 is 0 Å². The lowest BCUT2D eigenvalue weighted by atomic mass is 10.0. The summed E-state index contributed by atoms with van der Waals surface area (Å²) in [5.74, 6) is 0.490. The summed E-state index contributed by atoms with van der Waals surface area (Å²) in [7, 11) is 2.12. The van der Waals surface area contributed by atoms with Crippen molar-refractivity contribution in [3.8, 4) is 17.0 Å². The molecule has 6 rings (SSSR count). The number of benzene rings is 2. The van der Waals surface area contributed by atoms with Crippen molar-refractivity contribution in [2.45, 2.75) is 37.8 Å². The van der Waals surface area contributed by atoms with Crippen molar-refractivity contribution in [3.63, 3.8) is 0 Å². The summed E-state index contributed by atoms with van der Waals surface area (Å²) in [5, 5.41) is 4.88. The summed E-state index contributed by atoms with van der Waals surface area (Å²) < 4.78 is 36.4. The quantitative estimate of drug-likeness (QED) is 0.370. The molecule has 0 aliphatic carbocycles. The van der Waals surface area contributed by atoms with Crippen LogP contribution in [0.3, 0.4) is 0 Å². The smallest absolute Gasteiger partial charge is 0.154 e. The molecule has 7 nitrogen and oxygen atoms in total. The van der Waals surface area contributed by atoms with Crippen LogP contribution >= 0.6 is 0 Å². The van der Waals surface area contributed by atoms with E-state index >= 15 is 0 Å². The van der Waals surface area contributed by atoms with Crippen LogP contribution in [0.5, 0.6) is 5.75 Å². The van der Waals surface area contributed by atoms with Gasteiger partial charge in [0.15, 0.2) is 5.65 Å². The third kappa shape index (κ3) is 4.48. The second kappa shape index (κ2) is 9.63. The molecule has 4 heterocycles. The molecule has 2 unspecified atom stereocenters. The normalized spacial score (nSPS) is 20.2. The Morgan fingerprint density at radius 1 is 1.03 bits per heavy atom. The molecule has 2 aliphatic rings. The van der Waals surface area contributed by atoms with Crippen LogP contribution < -0.4 is 15.4 Å². The maximum atomic E-state index is 14.6. The zero-order chi connectivity index (χ0) is 25.5. The maximum Gasteiger partial charge on any atom is 0.154 e. The van der Waals surface area contributed by atoms with Crippen molar-refractivity contribution in [3.05, 3.63) is 71.9 Å². The number of ether oxygens (including phenoxy) is 1. The second-order valence-corrected chi connectivity index (χ2v) is 9.96. The number of likely N-dealkylation sites (N-methyl/N-ethyl adjacent to an activating group) is 1. The summed E-state index contributed by atoms with van der Waals surface area (Å²) in [6.45, 7) is 2.38. The first-order chi connectivity index (χ1) is 18.0. The van der Waals surface area contributed by atoms with Crippen LogP contribution in [0, 0.1) is 11.6 Å². The van der Waals surface area contributed by atoms with Crippen molar-refractivity contribution in [2.24, 2.45) is 0 Å². The molecule has 2 aromatic heterocycles. The predicted molar refractivity (Wildman–Crippen MR) is 140 cm³/mol. The fourth-order valence-corrected chi connectivity index (χ4v) is 5.54. The van der Waals surface area contributed by atoms with Gasteiger partial charge in [-0.15, -0.1) is 5.10 Å². The average Bonchev–Trinajstić information content (AvgIpc) is 3.64. The van der Waals surface area contributed by atoms with E-state index < -0.39 is 11.6 Å². The molecule has 2 aliphatic heterocycles. The molecule has 0 bridgehead atoms. The number of aromatic nitrogens is 3. The fraction of sp³-hybridized carbons (Fsp3) is 0.357. The topological polar surface area (TPSA) is 71.9 Å². The number of fused-ring (bicyclic) bond motifs is 1. The van der Waals surface area contributed by atoms with E-state index in [1.54, 1.807) is 10.7 Å². The summed E-state index contributed by atoms with van der Waals surface area (Å²) in [6, 6.07) is 13.2. The van der Waals surface area contributed by atoms with E-state index in [1.165, 1.54) is 18.6 Å². The van der Waals surface area contributed by atoms with Gasteiger partial charge in [-0.2, -0.15) is 0 Å². The van der Waals surface area contributed by atoms with Crippen molar-refractivity contribution < 1.29 is 13.5 Å². The molecule has 4 aromatic rings. The summed E-state index contributed by atoms with van der Waals surface area (Å²) >= 11 is 0. The van der Waals surface area contributed by atoms with Gasteiger partial charge < -0.3 is 20.3 Å². The number of nitrogens with two attached hydrogens (primary N) is 1. The summed E-state index contributed by atoms with van der Waals surface area (Å²) in [4.78, 5) is 8.89. The molecule has 9 heteroatoms. The second-order valence-electron chi connectivity index (χ2n) is 9.96. The number of rotatable bonds is 6. The maximum absolute atomic E-state index is 14.6. The Bertz CT molecular complexity index is 1440. The van der Waals surface area contributed by atoms with E-state index in [0.717, 1.165) is 43.1 Å². The molecule has 2 N–H and O–H groups in total.